The Kier molecular flexibility index (Phi) is 9.16. The van der Waals surface area contributed by atoms with Crippen LogP contribution in [-0.2, 0) is 59.0 Å². The van der Waals surface area contributed by atoms with Crippen molar-refractivity contribution < 1.29 is 80.7 Å². The Labute approximate surface area is 285 Å². The zero-order valence-corrected chi connectivity index (χ0v) is 26.5. The minimum atomic E-state index is -6.10. The van der Waals surface area contributed by atoms with Crippen LogP contribution >= 0.6 is 7.82 Å². The predicted octanol–water partition coefficient (Wildman–Crippen LogP) is 9.84. The molecule has 0 aliphatic carbocycles. The van der Waals surface area contributed by atoms with Gasteiger partial charge in [-0.2, -0.15) is 52.7 Å². The maximum Gasteiger partial charge on any atom is 0.474 e. The van der Waals surface area contributed by atoms with Crippen LogP contribution in [0.4, 0.5) is 52.7 Å². The lowest BCUT2D eigenvalue weighted by Crippen LogP contribution is -2.53. The maximum absolute atomic E-state index is 14.2. The zero-order valence-electron chi connectivity index (χ0n) is 25.6. The van der Waals surface area contributed by atoms with Gasteiger partial charge in [0.2, 0.25) is 0 Å². The van der Waals surface area contributed by atoms with Crippen LogP contribution in [0.1, 0.15) is 44.5 Å². The van der Waals surface area contributed by atoms with Crippen LogP contribution in [0.2, 0.25) is 0 Å². The summed E-state index contributed by atoms with van der Waals surface area (Å²) in [6, 6.07) is 10.5. The summed E-state index contributed by atoms with van der Waals surface area (Å²) in [6.45, 7) is -0.947. The molecule has 2 heterocycles. The Morgan fingerprint density at radius 1 is 0.500 bits per heavy atom. The Morgan fingerprint density at radius 3 is 0.981 bits per heavy atom. The molecule has 19 heteroatoms. The Bertz CT molecular complexity index is 1770. The molecule has 2 aliphatic heterocycles. The van der Waals surface area contributed by atoms with Gasteiger partial charge in [-0.1, -0.05) is 48.5 Å². The summed E-state index contributed by atoms with van der Waals surface area (Å²) < 4.78 is 206. The van der Waals surface area contributed by atoms with Crippen LogP contribution in [0.3, 0.4) is 0 Å². The van der Waals surface area contributed by atoms with Crippen LogP contribution in [-0.4, -0.2) is 23.9 Å². The molecule has 0 unspecified atom stereocenters. The monoisotopic (exact) mass is 772 g/mol. The molecule has 0 spiro atoms. The van der Waals surface area contributed by atoms with Gasteiger partial charge in [0.05, 0.1) is 22.3 Å². The van der Waals surface area contributed by atoms with Crippen molar-refractivity contribution in [1.82, 2.24) is 0 Å². The molecule has 6 rings (SSSR count). The SMILES string of the molecule is O=P1(O)OC(c2cccc(C(F)(F)F)c2)(c2cccc(C(F)(F)F)c2)[C@@H]2OCO[C@H]2C(c2cccc(C(F)(F)F)c2)(c2cccc(C(F)(F)F)c2)O1. The van der Waals surface area contributed by atoms with Crippen LogP contribution in [0.15, 0.2) is 97.1 Å². The second kappa shape index (κ2) is 12.6. The van der Waals surface area contributed by atoms with Gasteiger partial charge in [-0.15, -0.1) is 0 Å². The number of rotatable bonds is 4. The van der Waals surface area contributed by atoms with Crippen molar-refractivity contribution >= 4 is 7.82 Å². The molecular weight excluding hydrogens is 751 g/mol. The number of benzene rings is 4. The van der Waals surface area contributed by atoms with Gasteiger partial charge in [0.1, 0.15) is 19.0 Å². The number of phosphoric acid groups is 1. The highest BCUT2D eigenvalue weighted by Crippen LogP contribution is 2.66. The highest BCUT2D eigenvalue weighted by atomic mass is 31.2. The first-order valence-electron chi connectivity index (χ1n) is 14.7. The van der Waals surface area contributed by atoms with Crippen LogP contribution in [0.5, 0.6) is 0 Å². The number of hydrogen-bond donors (Lipinski definition) is 1. The van der Waals surface area contributed by atoms with Crippen molar-refractivity contribution in [3.8, 4) is 0 Å². The van der Waals surface area contributed by atoms with Gasteiger partial charge in [-0.05, 0) is 70.8 Å². The molecule has 2 atom stereocenters. The van der Waals surface area contributed by atoms with Gasteiger partial charge in [0, 0.05) is 0 Å². The largest absolute Gasteiger partial charge is 0.474 e. The summed E-state index contributed by atoms with van der Waals surface area (Å²) in [5, 5.41) is 0. The summed E-state index contributed by atoms with van der Waals surface area (Å²) in [5.74, 6) is 0. The van der Waals surface area contributed by atoms with E-state index < -0.39 is 107 Å². The molecule has 0 aromatic heterocycles. The first-order chi connectivity index (χ1) is 24.0. The van der Waals surface area contributed by atoms with E-state index >= 15 is 0 Å². The third-order valence-corrected chi connectivity index (χ3v) is 9.60. The Morgan fingerprint density at radius 2 is 0.750 bits per heavy atom. The van der Waals surface area contributed by atoms with E-state index in [1.54, 1.807) is 0 Å². The summed E-state index contributed by atoms with van der Waals surface area (Å²) in [5.41, 5.74) is -14.8. The van der Waals surface area contributed by atoms with E-state index in [1.165, 1.54) is 0 Å². The smallest absolute Gasteiger partial charge is 0.346 e. The minimum Gasteiger partial charge on any atom is -0.346 e. The molecule has 278 valence electrons. The van der Waals surface area contributed by atoms with Crippen molar-refractivity contribution in [1.29, 1.82) is 0 Å². The molecule has 0 saturated carbocycles. The van der Waals surface area contributed by atoms with Gasteiger partial charge in [0.15, 0.2) is 11.2 Å². The van der Waals surface area contributed by atoms with E-state index in [1.807, 2.05) is 0 Å². The number of fused-ring (bicyclic) bond motifs is 1. The molecule has 1 N–H and O–H groups in total. The molecular formula is C33H21F12O6P. The summed E-state index contributed by atoms with van der Waals surface area (Å²) in [4.78, 5) is 11.5. The van der Waals surface area contributed by atoms with E-state index in [-0.39, 0.29) is 0 Å². The van der Waals surface area contributed by atoms with Crippen molar-refractivity contribution in [2.24, 2.45) is 0 Å². The molecule has 2 saturated heterocycles. The molecule has 0 radical (unpaired) electrons. The third-order valence-electron chi connectivity index (χ3n) is 8.57. The van der Waals surface area contributed by atoms with E-state index in [2.05, 4.69) is 0 Å². The molecule has 52 heavy (non-hydrogen) atoms. The van der Waals surface area contributed by atoms with E-state index in [0.717, 1.165) is 48.5 Å². The fourth-order valence-corrected chi connectivity index (χ4v) is 7.81. The molecule has 4 aromatic rings. The van der Waals surface area contributed by atoms with Gasteiger partial charge in [0.25, 0.3) is 0 Å². The highest BCUT2D eigenvalue weighted by molar-refractivity contribution is 7.47. The van der Waals surface area contributed by atoms with Crippen LogP contribution < -0.4 is 0 Å². The lowest BCUT2D eigenvalue weighted by Gasteiger charge is -2.41. The Hall–Kier alpha value is -3.93. The average Bonchev–Trinajstić information content (AvgIpc) is 3.53. The quantitative estimate of drug-likeness (QED) is 0.165. The van der Waals surface area contributed by atoms with Gasteiger partial charge < -0.3 is 14.4 Å². The summed E-state index contributed by atoms with van der Waals surface area (Å²) >= 11 is 0. The van der Waals surface area contributed by atoms with Crippen molar-refractivity contribution in [3.63, 3.8) is 0 Å². The second-order valence-electron chi connectivity index (χ2n) is 11.7. The van der Waals surface area contributed by atoms with Crippen LogP contribution in [0, 0.1) is 0 Å². The average molecular weight is 772 g/mol. The van der Waals surface area contributed by atoms with Gasteiger partial charge in [-0.25, -0.2) is 4.57 Å². The number of phosphoric ester groups is 1. The molecule has 0 bridgehead atoms. The fourth-order valence-electron chi connectivity index (χ4n) is 6.42. The van der Waals surface area contributed by atoms with Crippen molar-refractivity contribution in [3.05, 3.63) is 142 Å². The molecule has 4 aromatic carbocycles. The molecule has 6 nitrogen and oxygen atoms in total. The lowest BCUT2D eigenvalue weighted by atomic mass is 9.71. The normalized spacial score (nSPS) is 21.7. The Balaban J connectivity index is 1.75. The lowest BCUT2D eigenvalue weighted by molar-refractivity contribution is -0.139. The van der Waals surface area contributed by atoms with Crippen LogP contribution in [0.25, 0.3) is 0 Å². The zero-order chi connectivity index (χ0) is 38.1. The molecule has 2 aliphatic rings. The predicted molar refractivity (Wildman–Crippen MR) is 154 cm³/mol. The molecule has 0 amide bonds. The summed E-state index contributed by atoms with van der Waals surface area (Å²) in [6.07, 6.45) is -24.9. The maximum atomic E-state index is 14.2. The highest BCUT2D eigenvalue weighted by Gasteiger charge is 2.67. The minimum absolute atomic E-state index is 0.376. The van der Waals surface area contributed by atoms with Gasteiger partial charge in [-0.3, -0.25) is 9.05 Å². The topological polar surface area (TPSA) is 74.2 Å². The van der Waals surface area contributed by atoms with E-state index in [9.17, 15) is 62.1 Å². The number of halogens is 12. The first kappa shape index (κ1) is 37.8. The van der Waals surface area contributed by atoms with Crippen molar-refractivity contribution in [2.75, 3.05) is 6.79 Å². The standard InChI is InChI=1S/C33H21F12O6P/c34-30(35,36)22-9-1-5-18(13-22)28(19-6-2-10-23(14-19)31(37,38)39)26-27(49-17-48-26)29(51-52(46,47)50-28,20-7-3-11-24(15-20)32(40,41)42)21-8-4-12-25(16-21)33(43,44)45/h1-16,26-27H,17H2,(H,46,47)/t26-,27-/m1/s1. The number of hydrogen-bond acceptors (Lipinski definition) is 5. The molecule has 2 fully saturated rings. The summed E-state index contributed by atoms with van der Waals surface area (Å²) in [7, 11) is -6.10. The third kappa shape index (κ3) is 6.71. The number of alkyl halides is 12. The number of ether oxygens (including phenoxy) is 2. The fraction of sp³-hybridized carbons (Fsp3) is 0.273. The first-order valence-corrected chi connectivity index (χ1v) is 16.2. The van der Waals surface area contributed by atoms with Crippen molar-refractivity contribution in [2.45, 2.75) is 48.1 Å². The van der Waals surface area contributed by atoms with E-state index in [4.69, 9.17) is 18.5 Å². The second-order valence-corrected chi connectivity index (χ2v) is 13.0. The van der Waals surface area contributed by atoms with E-state index in [0.29, 0.717) is 48.5 Å². The van der Waals surface area contributed by atoms with Gasteiger partial charge >= 0.3 is 32.5 Å².